The number of hydrogen-bond donors (Lipinski definition) is 0. The summed E-state index contributed by atoms with van der Waals surface area (Å²) in [5.41, 5.74) is 1.43. The molecule has 0 radical (unpaired) electrons. The predicted molar refractivity (Wildman–Crippen MR) is 72.4 cm³/mol. The van der Waals surface area contributed by atoms with Crippen molar-refractivity contribution >= 4 is 33.3 Å². The largest absolute Gasteiger partial charge is 0.229 e. The maximum atomic E-state index is 4.42. The molecule has 3 aromatic heterocycles. The van der Waals surface area contributed by atoms with Gasteiger partial charge >= 0.3 is 0 Å². The van der Waals surface area contributed by atoms with Crippen molar-refractivity contribution in [3.05, 3.63) is 16.8 Å². The van der Waals surface area contributed by atoms with Crippen LogP contribution in [-0.2, 0) is 19.9 Å². The van der Waals surface area contributed by atoms with Gasteiger partial charge in [0.15, 0.2) is 0 Å². The van der Waals surface area contributed by atoms with Gasteiger partial charge < -0.3 is 0 Å². The second-order valence-electron chi connectivity index (χ2n) is 4.40. The summed E-state index contributed by atoms with van der Waals surface area (Å²) in [6.45, 7) is 0. The molecule has 0 aromatic carbocycles. The van der Waals surface area contributed by atoms with Gasteiger partial charge in [-0.3, -0.25) is 0 Å². The molecule has 8 heteroatoms. The summed E-state index contributed by atoms with van der Waals surface area (Å²) in [4.78, 5) is 11.4. The van der Waals surface area contributed by atoms with Crippen LogP contribution in [0.4, 0.5) is 0 Å². The molecule has 6 nitrogen and oxygen atoms in total. The summed E-state index contributed by atoms with van der Waals surface area (Å²) in [6.07, 6.45) is 5.17. The minimum absolute atomic E-state index is 0.748. The van der Waals surface area contributed by atoms with Crippen molar-refractivity contribution in [3.8, 4) is 0 Å². The molecule has 0 saturated carbocycles. The van der Waals surface area contributed by atoms with E-state index >= 15 is 0 Å². The molecule has 96 valence electrons. The van der Waals surface area contributed by atoms with Crippen molar-refractivity contribution in [3.63, 3.8) is 0 Å². The van der Waals surface area contributed by atoms with Crippen molar-refractivity contribution in [2.45, 2.75) is 29.4 Å². The minimum atomic E-state index is 0.748. The van der Waals surface area contributed by atoms with Crippen LogP contribution in [0, 0.1) is 0 Å². The molecule has 1 aliphatic rings. The SMILES string of the molecule is Cn1nnnc1Sc1ncnc2sc3c(c12)CCC3. The van der Waals surface area contributed by atoms with E-state index in [-0.39, 0.29) is 0 Å². The molecule has 0 fully saturated rings. The maximum absolute atomic E-state index is 4.42. The molecule has 0 spiro atoms. The number of fused-ring (bicyclic) bond motifs is 3. The molecule has 0 N–H and O–H groups in total. The van der Waals surface area contributed by atoms with Gasteiger partial charge in [-0.1, -0.05) is 0 Å². The van der Waals surface area contributed by atoms with Crippen LogP contribution in [-0.4, -0.2) is 30.2 Å². The van der Waals surface area contributed by atoms with Crippen LogP contribution in [0.25, 0.3) is 10.2 Å². The van der Waals surface area contributed by atoms with Crippen molar-refractivity contribution in [2.24, 2.45) is 7.05 Å². The lowest BCUT2D eigenvalue weighted by Crippen LogP contribution is -1.94. The summed E-state index contributed by atoms with van der Waals surface area (Å²) in [5.74, 6) is 0. The Morgan fingerprint density at radius 1 is 1.32 bits per heavy atom. The molecule has 3 heterocycles. The number of thiophene rings is 1. The van der Waals surface area contributed by atoms with Crippen LogP contribution in [0.2, 0.25) is 0 Å². The van der Waals surface area contributed by atoms with Gasteiger partial charge in [0, 0.05) is 17.3 Å². The third kappa shape index (κ3) is 1.74. The van der Waals surface area contributed by atoms with Crippen LogP contribution in [0.3, 0.4) is 0 Å². The minimum Gasteiger partial charge on any atom is -0.229 e. The van der Waals surface area contributed by atoms with Crippen LogP contribution in [0.1, 0.15) is 16.9 Å². The van der Waals surface area contributed by atoms with Gasteiger partial charge in [0.2, 0.25) is 5.16 Å². The van der Waals surface area contributed by atoms with Gasteiger partial charge in [-0.2, -0.15) is 0 Å². The fraction of sp³-hybridized carbons (Fsp3) is 0.364. The molecule has 0 bridgehead atoms. The third-order valence-electron chi connectivity index (χ3n) is 3.24. The van der Waals surface area contributed by atoms with Crippen LogP contribution >= 0.6 is 23.1 Å². The average Bonchev–Trinajstić information content (AvgIpc) is 3.06. The first kappa shape index (κ1) is 11.3. The highest BCUT2D eigenvalue weighted by Gasteiger charge is 2.22. The highest BCUT2D eigenvalue weighted by atomic mass is 32.2. The Hall–Kier alpha value is -1.54. The monoisotopic (exact) mass is 290 g/mol. The van der Waals surface area contributed by atoms with Crippen molar-refractivity contribution in [2.75, 3.05) is 0 Å². The molecule has 4 rings (SSSR count). The second-order valence-corrected chi connectivity index (χ2v) is 6.44. The van der Waals surface area contributed by atoms with E-state index in [2.05, 4.69) is 25.5 Å². The standard InChI is InChI=1S/C11H10N6S2/c1-17-11(14-15-16-17)19-10-8-6-3-2-4-7(6)18-9(8)12-5-13-10/h5H,2-4H2,1H3. The molecular formula is C11H10N6S2. The lowest BCUT2D eigenvalue weighted by atomic mass is 10.2. The summed E-state index contributed by atoms with van der Waals surface area (Å²) in [7, 11) is 1.83. The number of tetrazole rings is 1. The molecule has 19 heavy (non-hydrogen) atoms. The number of hydrogen-bond acceptors (Lipinski definition) is 7. The van der Waals surface area contributed by atoms with Gasteiger partial charge in [0.25, 0.3) is 0 Å². The molecule has 0 saturated heterocycles. The van der Waals surface area contributed by atoms with Crippen LogP contribution < -0.4 is 0 Å². The summed E-state index contributed by atoms with van der Waals surface area (Å²) in [6, 6.07) is 0. The first-order valence-electron chi connectivity index (χ1n) is 5.98. The van der Waals surface area contributed by atoms with Gasteiger partial charge in [-0.25, -0.2) is 14.6 Å². The Labute approximate surface area is 117 Å². The van der Waals surface area contributed by atoms with E-state index in [1.807, 2.05) is 7.05 Å². The number of aryl methyl sites for hydroxylation is 3. The van der Waals surface area contributed by atoms with Gasteiger partial charge in [-0.05, 0) is 47.0 Å². The molecular weight excluding hydrogens is 280 g/mol. The Morgan fingerprint density at radius 2 is 2.26 bits per heavy atom. The van der Waals surface area contributed by atoms with Crippen molar-refractivity contribution in [1.29, 1.82) is 0 Å². The quantitative estimate of drug-likeness (QED) is 0.671. The Morgan fingerprint density at radius 3 is 3.11 bits per heavy atom. The fourth-order valence-electron chi connectivity index (χ4n) is 2.37. The first-order valence-corrected chi connectivity index (χ1v) is 7.61. The Kier molecular flexibility index (Phi) is 2.52. The van der Waals surface area contributed by atoms with Crippen molar-refractivity contribution in [1.82, 2.24) is 30.2 Å². The highest BCUT2D eigenvalue weighted by molar-refractivity contribution is 7.99. The fourth-order valence-corrected chi connectivity index (χ4v) is 4.51. The third-order valence-corrected chi connectivity index (χ3v) is 5.47. The zero-order chi connectivity index (χ0) is 12.8. The van der Waals surface area contributed by atoms with E-state index in [4.69, 9.17) is 0 Å². The van der Waals surface area contributed by atoms with E-state index in [0.29, 0.717) is 0 Å². The summed E-state index contributed by atoms with van der Waals surface area (Å²) in [5, 5.41) is 14.4. The zero-order valence-electron chi connectivity index (χ0n) is 10.2. The number of rotatable bonds is 2. The average molecular weight is 290 g/mol. The second kappa shape index (κ2) is 4.24. The first-order chi connectivity index (χ1) is 9.33. The molecule has 0 unspecified atom stereocenters. The normalized spacial score (nSPS) is 14.2. The molecule has 0 amide bonds. The lowest BCUT2D eigenvalue weighted by Gasteiger charge is -2.01. The van der Waals surface area contributed by atoms with E-state index in [0.717, 1.165) is 21.4 Å². The Bertz CT molecular complexity index is 762. The summed E-state index contributed by atoms with van der Waals surface area (Å²) >= 11 is 3.30. The number of nitrogens with zero attached hydrogens (tertiary/aromatic N) is 6. The Balaban J connectivity index is 1.88. The van der Waals surface area contributed by atoms with Crippen LogP contribution in [0.5, 0.6) is 0 Å². The zero-order valence-corrected chi connectivity index (χ0v) is 11.8. The van der Waals surface area contributed by atoms with Gasteiger partial charge in [0.1, 0.15) is 16.2 Å². The summed E-state index contributed by atoms with van der Waals surface area (Å²) < 4.78 is 1.66. The maximum Gasteiger partial charge on any atom is 0.215 e. The molecule has 1 aliphatic carbocycles. The highest BCUT2D eigenvalue weighted by Crippen LogP contribution is 2.41. The van der Waals surface area contributed by atoms with E-state index in [1.165, 1.54) is 40.4 Å². The van der Waals surface area contributed by atoms with Gasteiger partial charge in [0.05, 0.1) is 0 Å². The molecule has 0 atom stereocenters. The van der Waals surface area contributed by atoms with E-state index < -0.39 is 0 Å². The van der Waals surface area contributed by atoms with Crippen LogP contribution in [0.15, 0.2) is 16.5 Å². The molecule has 0 aliphatic heterocycles. The van der Waals surface area contributed by atoms with Crippen molar-refractivity contribution < 1.29 is 0 Å². The number of aromatic nitrogens is 6. The lowest BCUT2D eigenvalue weighted by molar-refractivity contribution is 0.664. The topological polar surface area (TPSA) is 69.4 Å². The molecule has 3 aromatic rings. The van der Waals surface area contributed by atoms with E-state index in [9.17, 15) is 0 Å². The van der Waals surface area contributed by atoms with E-state index in [1.54, 1.807) is 22.3 Å². The predicted octanol–water partition coefficient (Wildman–Crippen LogP) is 1.85. The smallest absolute Gasteiger partial charge is 0.215 e. The van der Waals surface area contributed by atoms with Gasteiger partial charge in [-0.15, -0.1) is 16.4 Å².